The molecule has 3 rings (SSSR count). The van der Waals surface area contributed by atoms with Crippen LogP contribution in [-0.4, -0.2) is 34.8 Å². The van der Waals surface area contributed by atoms with Gasteiger partial charge in [-0.1, -0.05) is 65.4 Å². The fourth-order valence-corrected chi connectivity index (χ4v) is 8.00. The zero-order valence-electron chi connectivity index (χ0n) is 22.5. The molecule has 0 N–H and O–H groups in total. The number of rotatable bonds is 5. The van der Waals surface area contributed by atoms with Crippen molar-refractivity contribution in [2.75, 3.05) is 6.61 Å². The standard InChI is InChI=1S/C27H49BO3Si/c1-18-10-11-22-24(31-19(2)29)23(13-15-26(18,22)6)27(7)14-12-21(28)16-20(27)17-30-32(8,9)25(3,4)5/h20-24H,1,10-17,28H2,2-9H3/t20-,21-,22?,23?,24+,26-,27+/m1/s1. The molecule has 0 spiro atoms. The average Bonchev–Trinajstić information content (AvgIpc) is 2.97. The van der Waals surface area contributed by atoms with Gasteiger partial charge in [-0.3, -0.25) is 4.79 Å². The minimum atomic E-state index is -1.81. The van der Waals surface area contributed by atoms with Crippen LogP contribution in [0.25, 0.3) is 0 Å². The molecular weight excluding hydrogens is 411 g/mol. The largest absolute Gasteiger partial charge is 0.462 e. The van der Waals surface area contributed by atoms with Gasteiger partial charge in [0.05, 0.1) is 0 Å². The van der Waals surface area contributed by atoms with Gasteiger partial charge in [0.2, 0.25) is 0 Å². The molecule has 3 aliphatic carbocycles. The maximum absolute atomic E-state index is 12.3. The van der Waals surface area contributed by atoms with Crippen LogP contribution >= 0.6 is 0 Å². The summed E-state index contributed by atoms with van der Waals surface area (Å²) < 4.78 is 13.0. The quantitative estimate of drug-likeness (QED) is 0.265. The van der Waals surface area contributed by atoms with E-state index in [-0.39, 0.29) is 27.9 Å². The van der Waals surface area contributed by atoms with Crippen LogP contribution < -0.4 is 0 Å². The van der Waals surface area contributed by atoms with E-state index >= 15 is 0 Å². The van der Waals surface area contributed by atoms with Crippen LogP contribution in [0.2, 0.25) is 23.9 Å². The Morgan fingerprint density at radius 3 is 2.41 bits per heavy atom. The highest BCUT2D eigenvalue weighted by atomic mass is 28.4. The van der Waals surface area contributed by atoms with Crippen LogP contribution in [-0.2, 0) is 14.0 Å². The number of carbonyl (C=O) groups is 1. The van der Waals surface area contributed by atoms with Crippen molar-refractivity contribution in [3.05, 3.63) is 12.2 Å². The minimum absolute atomic E-state index is 0.0132. The third kappa shape index (κ3) is 4.67. The summed E-state index contributed by atoms with van der Waals surface area (Å²) in [4.78, 5) is 12.3. The van der Waals surface area contributed by atoms with E-state index in [2.05, 4.69) is 62.1 Å². The van der Waals surface area contributed by atoms with Crippen molar-refractivity contribution in [3.8, 4) is 0 Å². The molecule has 0 aromatic carbocycles. The molecule has 3 saturated carbocycles. The number of hydrogen-bond acceptors (Lipinski definition) is 3. The van der Waals surface area contributed by atoms with E-state index in [9.17, 15) is 4.79 Å². The van der Waals surface area contributed by atoms with Gasteiger partial charge < -0.3 is 9.16 Å². The number of fused-ring (bicyclic) bond motifs is 1. The number of allylic oxidation sites excluding steroid dienone is 1. The second kappa shape index (κ2) is 8.91. The molecule has 0 heterocycles. The first-order chi connectivity index (χ1) is 14.6. The molecular formula is C27H49BO3Si. The highest BCUT2D eigenvalue weighted by molar-refractivity contribution is 6.74. The smallest absolute Gasteiger partial charge is 0.302 e. The lowest BCUT2D eigenvalue weighted by atomic mass is 9.50. The fraction of sp³-hybridized carbons (Fsp3) is 0.889. The van der Waals surface area contributed by atoms with E-state index in [0.29, 0.717) is 17.8 Å². The zero-order valence-corrected chi connectivity index (χ0v) is 23.5. The van der Waals surface area contributed by atoms with Crippen LogP contribution in [0.4, 0.5) is 0 Å². The van der Waals surface area contributed by atoms with Gasteiger partial charge in [-0.2, -0.15) is 0 Å². The first-order valence-electron chi connectivity index (χ1n) is 13.1. The van der Waals surface area contributed by atoms with Crippen molar-refractivity contribution in [1.82, 2.24) is 0 Å². The number of esters is 1. The van der Waals surface area contributed by atoms with Crippen LogP contribution in [0.15, 0.2) is 12.2 Å². The summed E-state index contributed by atoms with van der Waals surface area (Å²) in [5, 5.41) is 0.223. The predicted molar refractivity (Wildman–Crippen MR) is 139 cm³/mol. The summed E-state index contributed by atoms with van der Waals surface area (Å²) in [5.41, 5.74) is 1.65. The van der Waals surface area contributed by atoms with E-state index in [4.69, 9.17) is 9.16 Å². The molecule has 3 aliphatic rings. The Bertz CT molecular complexity index is 729. The van der Waals surface area contributed by atoms with E-state index in [1.807, 2.05) is 0 Å². The second-order valence-corrected chi connectivity index (χ2v) is 18.3. The molecule has 0 aromatic rings. The molecule has 0 bridgehead atoms. The van der Waals surface area contributed by atoms with Gasteiger partial charge in [0.15, 0.2) is 8.32 Å². The number of ether oxygens (including phenoxy) is 1. The second-order valence-electron chi connectivity index (χ2n) is 13.5. The van der Waals surface area contributed by atoms with Gasteiger partial charge in [-0.05, 0) is 67.0 Å². The van der Waals surface area contributed by atoms with E-state index < -0.39 is 8.32 Å². The highest BCUT2D eigenvalue weighted by Gasteiger charge is 2.58. The lowest BCUT2D eigenvalue weighted by Gasteiger charge is -2.56. The SMILES string of the molecule is B[C@@H]1CC[C@](C)(C2CC[C@]3(C)C(=C)CCC3[C@@H]2OC(C)=O)[C@@H](CO[Si](C)(C)C(C)(C)C)C1. The van der Waals surface area contributed by atoms with Gasteiger partial charge in [0.25, 0.3) is 0 Å². The molecule has 2 unspecified atom stereocenters. The highest BCUT2D eigenvalue weighted by Crippen LogP contribution is 2.62. The molecule has 3 nitrogen and oxygen atoms in total. The van der Waals surface area contributed by atoms with Gasteiger partial charge in [0, 0.05) is 25.4 Å². The predicted octanol–water partition coefficient (Wildman–Crippen LogP) is 6.55. The summed E-state index contributed by atoms with van der Waals surface area (Å²) in [6.45, 7) is 23.5. The molecule has 182 valence electrons. The summed E-state index contributed by atoms with van der Waals surface area (Å²) in [6.07, 6.45) is 8.23. The third-order valence-corrected chi connectivity index (χ3v) is 15.0. The molecule has 32 heavy (non-hydrogen) atoms. The Labute approximate surface area is 200 Å². The first-order valence-corrected chi connectivity index (χ1v) is 16.0. The Balaban J connectivity index is 1.90. The van der Waals surface area contributed by atoms with Gasteiger partial charge in [-0.15, -0.1) is 0 Å². The summed E-state index contributed by atoms with van der Waals surface area (Å²) in [6, 6.07) is 0. The third-order valence-electron chi connectivity index (χ3n) is 10.5. The minimum Gasteiger partial charge on any atom is -0.462 e. The lowest BCUT2D eigenvalue weighted by molar-refractivity contribution is -0.171. The molecule has 3 fully saturated rings. The normalized spacial score (nSPS) is 40.8. The Kier molecular flexibility index (Phi) is 7.26. The fourth-order valence-electron chi connectivity index (χ4n) is 6.95. The number of hydrogen-bond donors (Lipinski definition) is 0. The Hall–Kier alpha value is -0.548. The van der Waals surface area contributed by atoms with E-state index in [1.54, 1.807) is 6.92 Å². The van der Waals surface area contributed by atoms with Crippen molar-refractivity contribution >= 4 is 22.1 Å². The van der Waals surface area contributed by atoms with E-state index in [0.717, 1.165) is 31.7 Å². The molecule has 0 saturated heterocycles. The summed E-state index contributed by atoms with van der Waals surface area (Å²) in [7, 11) is 0.599. The molecule has 0 aromatic heterocycles. The number of carbonyl (C=O) groups excluding carboxylic acids is 1. The van der Waals surface area contributed by atoms with Crippen molar-refractivity contribution in [1.29, 1.82) is 0 Å². The molecule has 0 aliphatic heterocycles. The van der Waals surface area contributed by atoms with Crippen LogP contribution in [0, 0.1) is 28.6 Å². The molecule has 0 amide bonds. The maximum Gasteiger partial charge on any atom is 0.302 e. The topological polar surface area (TPSA) is 35.5 Å². The van der Waals surface area contributed by atoms with Gasteiger partial charge in [-0.25, -0.2) is 0 Å². The van der Waals surface area contributed by atoms with E-state index in [1.165, 1.54) is 31.3 Å². The molecule has 7 atom stereocenters. The van der Waals surface area contributed by atoms with Crippen molar-refractivity contribution < 1.29 is 14.0 Å². The van der Waals surface area contributed by atoms with Crippen molar-refractivity contribution in [2.45, 2.75) is 117 Å². The average molecular weight is 461 g/mol. The summed E-state index contributed by atoms with van der Waals surface area (Å²) in [5.74, 6) is 1.97. The first kappa shape index (κ1) is 26.1. The lowest BCUT2D eigenvalue weighted by Crippen LogP contribution is -2.54. The van der Waals surface area contributed by atoms with Crippen LogP contribution in [0.5, 0.6) is 0 Å². The van der Waals surface area contributed by atoms with Gasteiger partial charge in [0.1, 0.15) is 14.0 Å². The van der Waals surface area contributed by atoms with Crippen LogP contribution in [0.3, 0.4) is 0 Å². The maximum atomic E-state index is 12.3. The van der Waals surface area contributed by atoms with Crippen molar-refractivity contribution in [3.63, 3.8) is 0 Å². The van der Waals surface area contributed by atoms with Crippen molar-refractivity contribution in [2.24, 2.45) is 28.6 Å². The summed E-state index contributed by atoms with van der Waals surface area (Å²) >= 11 is 0. The Morgan fingerprint density at radius 2 is 1.81 bits per heavy atom. The Morgan fingerprint density at radius 1 is 1.16 bits per heavy atom. The van der Waals surface area contributed by atoms with Gasteiger partial charge >= 0.3 is 5.97 Å². The molecule has 5 heteroatoms. The van der Waals surface area contributed by atoms with Crippen LogP contribution in [0.1, 0.15) is 86.5 Å². The zero-order chi connectivity index (χ0) is 24.1. The monoisotopic (exact) mass is 460 g/mol. The molecule has 0 radical (unpaired) electrons.